The Morgan fingerprint density at radius 2 is 2.36 bits per heavy atom. The molecule has 2 aliphatic heterocycles. The molecule has 0 aromatic carbocycles. The maximum absolute atomic E-state index is 10.7. The van der Waals surface area contributed by atoms with Gasteiger partial charge >= 0.3 is 0 Å². The predicted octanol–water partition coefficient (Wildman–Crippen LogP) is 0.691. The van der Waals surface area contributed by atoms with Crippen molar-refractivity contribution in [1.82, 2.24) is 8.43 Å². The highest BCUT2D eigenvalue weighted by Crippen LogP contribution is 2.31. The number of rotatable bonds is 0. The van der Waals surface area contributed by atoms with Crippen LogP contribution in [0, 0.1) is 0 Å². The SMILES string of the molecule is O=C1CC2(CCCN(I)C2)N1. The first kappa shape index (κ1) is 7.79. The summed E-state index contributed by atoms with van der Waals surface area (Å²) in [5.41, 5.74) is 0.163. The Balaban J connectivity index is 1.98. The number of nitrogens with zero attached hydrogens (tertiary/aromatic N) is 1. The third-order valence-electron chi connectivity index (χ3n) is 2.43. The van der Waals surface area contributed by atoms with Crippen molar-refractivity contribution >= 4 is 28.8 Å². The summed E-state index contributed by atoms with van der Waals surface area (Å²) in [6.07, 6.45) is 3.12. The standard InChI is InChI=1S/C7H11IN2O/c8-10-3-1-2-7(5-10)4-6(11)9-7/h1-5H2,(H,9,11). The molecule has 2 saturated heterocycles. The van der Waals surface area contributed by atoms with E-state index in [2.05, 4.69) is 31.3 Å². The summed E-state index contributed by atoms with van der Waals surface area (Å²) in [5.74, 6) is 0.219. The number of nitrogens with one attached hydrogen (secondary N) is 1. The van der Waals surface area contributed by atoms with Gasteiger partial charge in [0.05, 0.1) is 12.0 Å². The Hall–Kier alpha value is 0.160. The molecule has 2 fully saturated rings. The molecule has 1 amide bonds. The van der Waals surface area contributed by atoms with Gasteiger partial charge in [0.2, 0.25) is 5.91 Å². The van der Waals surface area contributed by atoms with Crippen LogP contribution in [0.15, 0.2) is 0 Å². The van der Waals surface area contributed by atoms with Crippen LogP contribution in [-0.2, 0) is 4.79 Å². The van der Waals surface area contributed by atoms with E-state index in [0.717, 1.165) is 25.9 Å². The molecule has 1 unspecified atom stereocenters. The van der Waals surface area contributed by atoms with Crippen LogP contribution < -0.4 is 5.32 Å². The van der Waals surface area contributed by atoms with Gasteiger partial charge in [0.1, 0.15) is 0 Å². The predicted molar refractivity (Wildman–Crippen MR) is 50.3 cm³/mol. The number of piperidine rings is 1. The average Bonchev–Trinajstić information content (AvgIpc) is 1.84. The monoisotopic (exact) mass is 266 g/mol. The van der Waals surface area contributed by atoms with Crippen molar-refractivity contribution in [3.63, 3.8) is 0 Å². The van der Waals surface area contributed by atoms with E-state index in [1.54, 1.807) is 0 Å². The Morgan fingerprint density at radius 3 is 2.91 bits per heavy atom. The molecule has 0 saturated carbocycles. The minimum absolute atomic E-state index is 0.163. The highest BCUT2D eigenvalue weighted by molar-refractivity contribution is 14.1. The Labute approximate surface area is 80.0 Å². The summed E-state index contributed by atoms with van der Waals surface area (Å²) in [6, 6.07) is 0. The van der Waals surface area contributed by atoms with Crippen molar-refractivity contribution < 1.29 is 4.79 Å². The smallest absolute Gasteiger partial charge is 0.222 e. The summed E-state index contributed by atoms with van der Waals surface area (Å²) < 4.78 is 2.26. The second-order valence-electron chi connectivity index (χ2n) is 3.45. The first-order valence-electron chi connectivity index (χ1n) is 3.92. The van der Waals surface area contributed by atoms with Gasteiger partial charge in [-0.05, 0) is 12.8 Å². The van der Waals surface area contributed by atoms with Gasteiger partial charge in [-0.15, -0.1) is 0 Å². The van der Waals surface area contributed by atoms with Crippen molar-refractivity contribution in [1.29, 1.82) is 0 Å². The van der Waals surface area contributed by atoms with E-state index in [1.165, 1.54) is 6.42 Å². The van der Waals surface area contributed by atoms with Gasteiger partial charge < -0.3 is 5.32 Å². The third-order valence-corrected chi connectivity index (χ3v) is 3.26. The molecule has 0 aromatic heterocycles. The third kappa shape index (κ3) is 1.38. The highest BCUT2D eigenvalue weighted by Gasteiger charge is 2.44. The summed E-state index contributed by atoms with van der Waals surface area (Å²) in [4.78, 5) is 10.7. The Kier molecular flexibility index (Phi) is 1.83. The molecule has 0 radical (unpaired) electrons. The normalized spacial score (nSPS) is 38.5. The molecule has 0 aromatic rings. The zero-order valence-electron chi connectivity index (χ0n) is 6.27. The quantitative estimate of drug-likeness (QED) is 0.397. The zero-order chi connectivity index (χ0) is 7.90. The lowest BCUT2D eigenvalue weighted by Gasteiger charge is -2.47. The fraction of sp³-hybridized carbons (Fsp3) is 0.857. The summed E-state index contributed by atoms with van der Waals surface area (Å²) in [6.45, 7) is 2.19. The first-order chi connectivity index (χ1) is 5.20. The Bertz CT molecular complexity index is 187. The van der Waals surface area contributed by atoms with Crippen LogP contribution in [-0.4, -0.2) is 27.6 Å². The van der Waals surface area contributed by atoms with E-state index in [-0.39, 0.29) is 11.4 Å². The second-order valence-corrected chi connectivity index (χ2v) is 4.82. The molecular formula is C7H11IN2O. The van der Waals surface area contributed by atoms with Crippen molar-refractivity contribution in [3.05, 3.63) is 0 Å². The molecule has 1 N–H and O–H groups in total. The molecule has 2 heterocycles. The number of hydrogen-bond acceptors (Lipinski definition) is 2. The van der Waals surface area contributed by atoms with Gasteiger partial charge in [-0.2, -0.15) is 0 Å². The van der Waals surface area contributed by atoms with Crippen molar-refractivity contribution in [2.24, 2.45) is 0 Å². The van der Waals surface area contributed by atoms with Gasteiger partial charge in [-0.3, -0.25) is 4.79 Å². The molecule has 2 rings (SSSR count). The van der Waals surface area contributed by atoms with Crippen molar-refractivity contribution in [2.75, 3.05) is 13.1 Å². The van der Waals surface area contributed by atoms with Crippen LogP contribution in [0.2, 0.25) is 0 Å². The summed E-state index contributed by atoms with van der Waals surface area (Å²) in [5, 5.41) is 3.00. The molecule has 2 aliphatic rings. The van der Waals surface area contributed by atoms with E-state index < -0.39 is 0 Å². The van der Waals surface area contributed by atoms with Crippen LogP contribution in [0.1, 0.15) is 19.3 Å². The van der Waals surface area contributed by atoms with Gasteiger partial charge in [0.25, 0.3) is 0 Å². The van der Waals surface area contributed by atoms with Gasteiger partial charge in [0, 0.05) is 36.0 Å². The first-order valence-corrected chi connectivity index (χ1v) is 4.88. The van der Waals surface area contributed by atoms with Crippen LogP contribution in [0.5, 0.6) is 0 Å². The molecule has 11 heavy (non-hydrogen) atoms. The van der Waals surface area contributed by atoms with Crippen molar-refractivity contribution in [2.45, 2.75) is 24.8 Å². The molecule has 1 spiro atoms. The van der Waals surface area contributed by atoms with Crippen LogP contribution in [0.25, 0.3) is 0 Å². The zero-order valence-corrected chi connectivity index (χ0v) is 8.43. The lowest BCUT2D eigenvalue weighted by molar-refractivity contribution is -0.134. The maximum Gasteiger partial charge on any atom is 0.222 e. The number of carbonyl (C=O) groups is 1. The number of β-lactam (4-membered cyclic amide) rings is 1. The molecule has 3 nitrogen and oxygen atoms in total. The Morgan fingerprint density at radius 1 is 1.64 bits per heavy atom. The number of halogens is 1. The van der Waals surface area contributed by atoms with E-state index >= 15 is 0 Å². The van der Waals surface area contributed by atoms with Crippen LogP contribution >= 0.6 is 22.9 Å². The molecule has 62 valence electrons. The summed E-state index contributed by atoms with van der Waals surface area (Å²) in [7, 11) is 0. The minimum Gasteiger partial charge on any atom is -0.349 e. The number of hydrogen-bond donors (Lipinski definition) is 1. The maximum atomic E-state index is 10.7. The molecule has 4 heteroatoms. The lowest BCUT2D eigenvalue weighted by Crippen LogP contribution is -2.66. The van der Waals surface area contributed by atoms with Gasteiger partial charge in [-0.25, -0.2) is 3.11 Å². The molecule has 0 aliphatic carbocycles. The molecule has 0 bridgehead atoms. The van der Waals surface area contributed by atoms with Gasteiger partial charge in [-0.1, -0.05) is 0 Å². The average molecular weight is 266 g/mol. The van der Waals surface area contributed by atoms with E-state index in [9.17, 15) is 4.79 Å². The fourth-order valence-corrected chi connectivity index (χ4v) is 2.90. The molecule has 1 atom stereocenters. The van der Waals surface area contributed by atoms with Crippen LogP contribution in [0.3, 0.4) is 0 Å². The van der Waals surface area contributed by atoms with Crippen LogP contribution in [0.4, 0.5) is 0 Å². The van der Waals surface area contributed by atoms with E-state index in [1.807, 2.05) is 0 Å². The number of amides is 1. The van der Waals surface area contributed by atoms with Gasteiger partial charge in [0.15, 0.2) is 0 Å². The summed E-state index contributed by atoms with van der Waals surface area (Å²) >= 11 is 2.33. The van der Waals surface area contributed by atoms with E-state index in [0.29, 0.717) is 0 Å². The molecular weight excluding hydrogens is 255 g/mol. The largest absolute Gasteiger partial charge is 0.349 e. The van der Waals surface area contributed by atoms with Crippen molar-refractivity contribution in [3.8, 4) is 0 Å². The topological polar surface area (TPSA) is 32.3 Å². The minimum atomic E-state index is 0.163. The lowest BCUT2D eigenvalue weighted by atomic mass is 9.81. The fourth-order valence-electron chi connectivity index (χ4n) is 1.91. The number of carbonyl (C=O) groups excluding carboxylic acids is 1. The highest BCUT2D eigenvalue weighted by atomic mass is 127. The van der Waals surface area contributed by atoms with E-state index in [4.69, 9.17) is 0 Å². The second kappa shape index (κ2) is 2.58.